The summed E-state index contributed by atoms with van der Waals surface area (Å²) in [6.07, 6.45) is 1.19. The molecule has 0 saturated carbocycles. The molecule has 1 heterocycles. The molecule has 5 heteroatoms. The van der Waals surface area contributed by atoms with Gasteiger partial charge in [0.15, 0.2) is 0 Å². The molecule has 1 N–H and O–H groups in total. The average Bonchev–Trinajstić information content (AvgIpc) is 2.80. The van der Waals surface area contributed by atoms with Gasteiger partial charge in [-0.05, 0) is 60.7 Å². The zero-order chi connectivity index (χ0) is 21.7. The summed E-state index contributed by atoms with van der Waals surface area (Å²) < 4.78 is 11.5. The Labute approximate surface area is 188 Å². The lowest BCUT2D eigenvalue weighted by molar-refractivity contribution is -0.125. The Morgan fingerprint density at radius 2 is 1.74 bits per heavy atom. The maximum absolute atomic E-state index is 13.5. The second-order valence-electron chi connectivity index (χ2n) is 7.88. The molecule has 1 aliphatic rings. The van der Waals surface area contributed by atoms with Crippen molar-refractivity contribution in [2.45, 2.75) is 31.8 Å². The molecule has 0 atom stereocenters. The maximum atomic E-state index is 13.5. The average molecular weight is 436 g/mol. The van der Waals surface area contributed by atoms with Crippen LogP contribution in [-0.2, 0) is 21.6 Å². The third kappa shape index (κ3) is 4.76. The summed E-state index contributed by atoms with van der Waals surface area (Å²) in [5, 5.41) is 3.72. The number of nitrogens with one attached hydrogen (secondary N) is 1. The Morgan fingerprint density at radius 3 is 2.45 bits per heavy atom. The van der Waals surface area contributed by atoms with Crippen LogP contribution in [0, 0.1) is 6.92 Å². The number of hydrogen-bond acceptors (Lipinski definition) is 3. The van der Waals surface area contributed by atoms with Gasteiger partial charge in [0.2, 0.25) is 5.91 Å². The number of ether oxygens (including phenoxy) is 2. The summed E-state index contributed by atoms with van der Waals surface area (Å²) in [7, 11) is 0. The molecule has 4 nitrogen and oxygen atoms in total. The number of anilines is 1. The highest BCUT2D eigenvalue weighted by atomic mass is 35.5. The van der Waals surface area contributed by atoms with Crippen molar-refractivity contribution < 1.29 is 14.3 Å². The van der Waals surface area contributed by atoms with E-state index in [9.17, 15) is 4.79 Å². The standard InChI is InChI=1S/C26H26ClNO3/c1-19-17-21(11-12-24(19)31-18-20-7-3-2-4-8-20)28-25(29)26(13-15-30-16-14-26)22-9-5-6-10-23(22)27/h2-12,17H,13-16,18H2,1H3,(H,28,29). The Hall–Kier alpha value is -2.82. The molecule has 160 valence electrons. The van der Waals surface area contributed by atoms with Crippen LogP contribution in [0.2, 0.25) is 5.02 Å². The van der Waals surface area contributed by atoms with Crippen molar-refractivity contribution in [3.63, 3.8) is 0 Å². The van der Waals surface area contributed by atoms with E-state index in [1.165, 1.54) is 0 Å². The minimum absolute atomic E-state index is 0.0544. The van der Waals surface area contributed by atoms with E-state index in [-0.39, 0.29) is 5.91 Å². The predicted octanol–water partition coefficient (Wildman–Crippen LogP) is 5.91. The number of aryl methyl sites for hydroxylation is 1. The van der Waals surface area contributed by atoms with E-state index in [2.05, 4.69) is 5.32 Å². The second-order valence-corrected chi connectivity index (χ2v) is 8.29. The topological polar surface area (TPSA) is 47.6 Å². The first-order valence-corrected chi connectivity index (χ1v) is 10.9. The van der Waals surface area contributed by atoms with Crippen LogP contribution in [0.4, 0.5) is 5.69 Å². The number of rotatable bonds is 6. The van der Waals surface area contributed by atoms with E-state index in [0.29, 0.717) is 37.7 Å². The quantitative estimate of drug-likeness (QED) is 0.523. The molecule has 3 aromatic rings. The Morgan fingerprint density at radius 1 is 1.03 bits per heavy atom. The molecule has 1 amide bonds. The van der Waals surface area contributed by atoms with Crippen molar-refractivity contribution in [2.24, 2.45) is 0 Å². The minimum atomic E-state index is -0.701. The summed E-state index contributed by atoms with van der Waals surface area (Å²) in [4.78, 5) is 13.5. The molecular weight excluding hydrogens is 410 g/mol. The zero-order valence-corrected chi connectivity index (χ0v) is 18.3. The molecule has 0 radical (unpaired) electrons. The highest BCUT2D eigenvalue weighted by molar-refractivity contribution is 6.31. The van der Waals surface area contributed by atoms with Gasteiger partial charge in [-0.25, -0.2) is 0 Å². The number of amides is 1. The Kier molecular flexibility index (Phi) is 6.59. The number of benzene rings is 3. The molecule has 31 heavy (non-hydrogen) atoms. The highest BCUT2D eigenvalue weighted by Gasteiger charge is 2.43. The normalized spacial score (nSPS) is 15.3. The second kappa shape index (κ2) is 9.54. The van der Waals surface area contributed by atoms with E-state index in [1.54, 1.807) is 0 Å². The number of carbonyl (C=O) groups is 1. The summed E-state index contributed by atoms with van der Waals surface area (Å²) in [5.41, 5.74) is 2.98. The molecule has 4 rings (SSSR count). The fourth-order valence-electron chi connectivity index (χ4n) is 4.06. The van der Waals surface area contributed by atoms with Gasteiger partial charge >= 0.3 is 0 Å². The third-order valence-electron chi connectivity index (χ3n) is 5.84. The number of carbonyl (C=O) groups excluding carboxylic acids is 1. The first-order valence-electron chi connectivity index (χ1n) is 10.5. The van der Waals surface area contributed by atoms with Crippen molar-refractivity contribution in [1.82, 2.24) is 0 Å². The van der Waals surface area contributed by atoms with Crippen LogP contribution in [0.3, 0.4) is 0 Å². The largest absolute Gasteiger partial charge is 0.489 e. The zero-order valence-electron chi connectivity index (χ0n) is 17.6. The number of hydrogen-bond donors (Lipinski definition) is 1. The summed E-state index contributed by atoms with van der Waals surface area (Å²) >= 11 is 6.49. The monoisotopic (exact) mass is 435 g/mol. The van der Waals surface area contributed by atoms with Crippen molar-refractivity contribution in [3.8, 4) is 5.75 Å². The summed E-state index contributed by atoms with van der Waals surface area (Å²) in [5.74, 6) is 0.745. The van der Waals surface area contributed by atoms with Crippen LogP contribution in [0.5, 0.6) is 5.75 Å². The van der Waals surface area contributed by atoms with Gasteiger partial charge in [-0.15, -0.1) is 0 Å². The van der Waals surface area contributed by atoms with E-state index in [0.717, 1.165) is 28.1 Å². The lowest BCUT2D eigenvalue weighted by atomic mass is 9.73. The first-order chi connectivity index (χ1) is 15.1. The van der Waals surface area contributed by atoms with Crippen molar-refractivity contribution in [2.75, 3.05) is 18.5 Å². The van der Waals surface area contributed by atoms with Crippen LogP contribution in [0.25, 0.3) is 0 Å². The van der Waals surface area contributed by atoms with Gasteiger partial charge in [0.1, 0.15) is 12.4 Å². The van der Waals surface area contributed by atoms with E-state index in [4.69, 9.17) is 21.1 Å². The van der Waals surface area contributed by atoms with Gasteiger partial charge in [0.05, 0.1) is 5.41 Å². The lowest BCUT2D eigenvalue weighted by Crippen LogP contribution is -2.45. The van der Waals surface area contributed by atoms with Gasteiger partial charge in [0.25, 0.3) is 0 Å². The van der Waals surface area contributed by atoms with Gasteiger partial charge in [0, 0.05) is 23.9 Å². The van der Waals surface area contributed by atoms with Crippen molar-refractivity contribution in [1.29, 1.82) is 0 Å². The van der Waals surface area contributed by atoms with E-state index < -0.39 is 5.41 Å². The molecule has 3 aromatic carbocycles. The maximum Gasteiger partial charge on any atom is 0.235 e. The SMILES string of the molecule is Cc1cc(NC(=O)C2(c3ccccc3Cl)CCOCC2)ccc1OCc1ccccc1. The molecule has 1 aliphatic heterocycles. The summed E-state index contributed by atoms with van der Waals surface area (Å²) in [6.45, 7) is 3.55. The van der Waals surface area contributed by atoms with Gasteiger partial charge < -0.3 is 14.8 Å². The third-order valence-corrected chi connectivity index (χ3v) is 6.17. The molecule has 1 fully saturated rings. The Balaban J connectivity index is 1.51. The van der Waals surface area contributed by atoms with Crippen LogP contribution < -0.4 is 10.1 Å². The van der Waals surface area contributed by atoms with Crippen LogP contribution in [0.1, 0.15) is 29.5 Å². The smallest absolute Gasteiger partial charge is 0.235 e. The molecule has 0 spiro atoms. The van der Waals surface area contributed by atoms with Crippen LogP contribution >= 0.6 is 11.6 Å². The Bertz CT molecular complexity index is 1050. The van der Waals surface area contributed by atoms with Crippen LogP contribution in [-0.4, -0.2) is 19.1 Å². The molecule has 1 saturated heterocycles. The lowest BCUT2D eigenvalue weighted by Gasteiger charge is -2.36. The molecule has 0 aliphatic carbocycles. The highest BCUT2D eigenvalue weighted by Crippen LogP contribution is 2.40. The fourth-order valence-corrected chi connectivity index (χ4v) is 4.38. The molecule has 0 unspecified atom stereocenters. The minimum Gasteiger partial charge on any atom is -0.489 e. The van der Waals surface area contributed by atoms with Crippen molar-refractivity contribution >= 4 is 23.2 Å². The predicted molar refractivity (Wildman–Crippen MR) is 124 cm³/mol. The fraction of sp³-hybridized carbons (Fsp3) is 0.269. The first kappa shape index (κ1) is 21.4. The van der Waals surface area contributed by atoms with Gasteiger partial charge in [-0.1, -0.05) is 60.1 Å². The summed E-state index contributed by atoms with van der Waals surface area (Å²) in [6, 6.07) is 23.4. The molecular formula is C26H26ClNO3. The van der Waals surface area contributed by atoms with Crippen molar-refractivity contribution in [3.05, 3.63) is 94.5 Å². The molecule has 0 bridgehead atoms. The molecule has 0 aromatic heterocycles. The van der Waals surface area contributed by atoms with E-state index >= 15 is 0 Å². The number of halogens is 1. The van der Waals surface area contributed by atoms with Crippen LogP contribution in [0.15, 0.2) is 72.8 Å². The van der Waals surface area contributed by atoms with Gasteiger partial charge in [-0.3, -0.25) is 4.79 Å². The van der Waals surface area contributed by atoms with E-state index in [1.807, 2.05) is 79.7 Å². The van der Waals surface area contributed by atoms with Gasteiger partial charge in [-0.2, -0.15) is 0 Å².